The Morgan fingerprint density at radius 1 is 1.56 bits per heavy atom. The molecule has 0 bridgehead atoms. The number of hydrogen-bond donors (Lipinski definition) is 2. The fourth-order valence-corrected chi connectivity index (χ4v) is 2.09. The molecule has 0 radical (unpaired) electrons. The summed E-state index contributed by atoms with van der Waals surface area (Å²) in [5.41, 5.74) is 5.75. The van der Waals surface area contributed by atoms with Gasteiger partial charge in [-0.25, -0.2) is 4.98 Å². The van der Waals surface area contributed by atoms with E-state index < -0.39 is 0 Å². The standard InChI is InChI=1S/C11H19N5/c1-11(5-3-6-13-8-11)16(2)10-14-7-4-9(12)15-10/h4,7,13H,3,5-6,8H2,1-2H3,(H2,12,14,15). The van der Waals surface area contributed by atoms with E-state index in [-0.39, 0.29) is 5.54 Å². The fraction of sp³-hybridized carbons (Fsp3) is 0.636. The highest BCUT2D eigenvalue weighted by molar-refractivity contribution is 5.39. The van der Waals surface area contributed by atoms with E-state index in [1.807, 2.05) is 7.05 Å². The molecule has 0 spiro atoms. The van der Waals surface area contributed by atoms with Crippen LogP contribution in [0.4, 0.5) is 11.8 Å². The molecular formula is C11H19N5. The van der Waals surface area contributed by atoms with Crippen molar-refractivity contribution < 1.29 is 0 Å². The zero-order chi connectivity index (χ0) is 11.6. The van der Waals surface area contributed by atoms with Gasteiger partial charge < -0.3 is 16.0 Å². The minimum absolute atomic E-state index is 0.0754. The van der Waals surface area contributed by atoms with Gasteiger partial charge in [0.2, 0.25) is 5.95 Å². The molecule has 0 amide bonds. The van der Waals surface area contributed by atoms with Gasteiger partial charge >= 0.3 is 0 Å². The molecule has 1 saturated heterocycles. The molecule has 88 valence electrons. The SMILES string of the molecule is CN(c1nccc(N)n1)C1(C)CCCNC1. The normalized spacial score (nSPS) is 25.4. The quantitative estimate of drug-likeness (QED) is 0.767. The van der Waals surface area contributed by atoms with Crippen molar-refractivity contribution in [1.29, 1.82) is 0 Å². The second-order valence-electron chi connectivity index (χ2n) is 4.62. The predicted molar refractivity (Wildman–Crippen MR) is 65.4 cm³/mol. The van der Waals surface area contributed by atoms with E-state index in [1.165, 1.54) is 6.42 Å². The molecule has 1 atom stereocenters. The van der Waals surface area contributed by atoms with Gasteiger partial charge in [0.05, 0.1) is 5.54 Å². The molecule has 1 aliphatic heterocycles. The first-order chi connectivity index (χ1) is 7.62. The Hall–Kier alpha value is -1.36. The number of rotatable bonds is 2. The first-order valence-corrected chi connectivity index (χ1v) is 5.65. The van der Waals surface area contributed by atoms with Gasteiger partial charge in [-0.3, -0.25) is 0 Å². The van der Waals surface area contributed by atoms with Gasteiger partial charge in [0.1, 0.15) is 5.82 Å². The van der Waals surface area contributed by atoms with Gasteiger partial charge in [0.25, 0.3) is 0 Å². The topological polar surface area (TPSA) is 67.1 Å². The van der Waals surface area contributed by atoms with Gasteiger partial charge in [-0.2, -0.15) is 4.98 Å². The molecule has 1 aromatic rings. The number of nitrogen functional groups attached to an aromatic ring is 1. The van der Waals surface area contributed by atoms with Crippen LogP contribution in [0.3, 0.4) is 0 Å². The number of hydrogen-bond acceptors (Lipinski definition) is 5. The summed E-state index contributed by atoms with van der Waals surface area (Å²) in [5, 5.41) is 3.41. The van der Waals surface area contributed by atoms with Crippen molar-refractivity contribution in [3.05, 3.63) is 12.3 Å². The van der Waals surface area contributed by atoms with Crippen molar-refractivity contribution in [2.75, 3.05) is 30.8 Å². The van der Waals surface area contributed by atoms with Crippen LogP contribution < -0.4 is 16.0 Å². The smallest absolute Gasteiger partial charge is 0.227 e. The maximum absolute atomic E-state index is 5.68. The summed E-state index contributed by atoms with van der Waals surface area (Å²) in [6.07, 6.45) is 4.03. The van der Waals surface area contributed by atoms with Crippen molar-refractivity contribution in [3.63, 3.8) is 0 Å². The lowest BCUT2D eigenvalue weighted by atomic mass is 9.91. The van der Waals surface area contributed by atoms with Crippen molar-refractivity contribution in [2.45, 2.75) is 25.3 Å². The number of nitrogens with one attached hydrogen (secondary N) is 1. The molecule has 5 nitrogen and oxygen atoms in total. The second-order valence-corrected chi connectivity index (χ2v) is 4.62. The van der Waals surface area contributed by atoms with E-state index in [2.05, 4.69) is 27.1 Å². The predicted octanol–water partition coefficient (Wildman–Crippen LogP) is 0.637. The van der Waals surface area contributed by atoms with Crippen LogP contribution in [0.1, 0.15) is 19.8 Å². The molecule has 3 N–H and O–H groups in total. The van der Waals surface area contributed by atoms with Crippen molar-refractivity contribution >= 4 is 11.8 Å². The molecule has 1 fully saturated rings. The minimum Gasteiger partial charge on any atom is -0.384 e. The first kappa shape index (κ1) is 11.1. The van der Waals surface area contributed by atoms with Crippen LogP contribution in [0.25, 0.3) is 0 Å². The van der Waals surface area contributed by atoms with Crippen molar-refractivity contribution in [3.8, 4) is 0 Å². The minimum atomic E-state index is 0.0754. The first-order valence-electron chi connectivity index (χ1n) is 5.65. The Balaban J connectivity index is 2.20. The highest BCUT2D eigenvalue weighted by atomic mass is 15.3. The highest BCUT2D eigenvalue weighted by Gasteiger charge is 2.32. The van der Waals surface area contributed by atoms with Crippen LogP contribution in [-0.4, -0.2) is 35.6 Å². The fourth-order valence-electron chi connectivity index (χ4n) is 2.09. The Bertz CT molecular complexity index is 359. The Kier molecular flexibility index (Phi) is 2.96. The van der Waals surface area contributed by atoms with Crippen LogP contribution in [0.2, 0.25) is 0 Å². The molecule has 1 aromatic heterocycles. The third-order valence-corrected chi connectivity index (χ3v) is 3.35. The monoisotopic (exact) mass is 221 g/mol. The number of aromatic nitrogens is 2. The van der Waals surface area contributed by atoms with E-state index >= 15 is 0 Å². The Morgan fingerprint density at radius 3 is 3.00 bits per heavy atom. The number of nitrogens with two attached hydrogens (primary N) is 1. The number of piperidine rings is 1. The van der Waals surface area contributed by atoms with Gasteiger partial charge in [-0.05, 0) is 32.4 Å². The summed E-state index contributed by atoms with van der Waals surface area (Å²) in [6.45, 7) is 4.29. The lowest BCUT2D eigenvalue weighted by molar-refractivity contribution is 0.325. The van der Waals surface area contributed by atoms with E-state index in [4.69, 9.17) is 5.73 Å². The molecular weight excluding hydrogens is 202 g/mol. The van der Waals surface area contributed by atoms with Crippen LogP contribution in [-0.2, 0) is 0 Å². The molecule has 0 saturated carbocycles. The molecule has 0 aromatic carbocycles. The Labute approximate surface area is 96.1 Å². The van der Waals surface area contributed by atoms with E-state index in [1.54, 1.807) is 12.3 Å². The number of likely N-dealkylation sites (N-methyl/N-ethyl adjacent to an activating group) is 1. The molecule has 16 heavy (non-hydrogen) atoms. The Morgan fingerprint density at radius 2 is 2.38 bits per heavy atom. The van der Waals surface area contributed by atoms with Gasteiger partial charge in [0, 0.05) is 19.8 Å². The summed E-state index contributed by atoms with van der Waals surface area (Å²) >= 11 is 0. The summed E-state index contributed by atoms with van der Waals surface area (Å²) < 4.78 is 0. The van der Waals surface area contributed by atoms with E-state index in [0.717, 1.165) is 19.5 Å². The second kappa shape index (κ2) is 4.25. The molecule has 1 aliphatic rings. The molecule has 2 heterocycles. The summed E-state index contributed by atoms with van der Waals surface area (Å²) in [6, 6.07) is 1.71. The van der Waals surface area contributed by atoms with Crippen LogP contribution in [0.15, 0.2) is 12.3 Å². The lowest BCUT2D eigenvalue weighted by Gasteiger charge is -2.42. The average molecular weight is 221 g/mol. The van der Waals surface area contributed by atoms with Crippen LogP contribution in [0.5, 0.6) is 0 Å². The molecule has 0 aliphatic carbocycles. The lowest BCUT2D eigenvalue weighted by Crippen LogP contribution is -2.55. The maximum atomic E-state index is 5.68. The van der Waals surface area contributed by atoms with Crippen molar-refractivity contribution in [2.24, 2.45) is 0 Å². The summed E-state index contributed by atoms with van der Waals surface area (Å²) in [4.78, 5) is 10.6. The third-order valence-electron chi connectivity index (χ3n) is 3.35. The summed E-state index contributed by atoms with van der Waals surface area (Å²) in [7, 11) is 2.03. The van der Waals surface area contributed by atoms with E-state index in [0.29, 0.717) is 11.8 Å². The molecule has 2 rings (SSSR count). The summed E-state index contributed by atoms with van der Waals surface area (Å²) in [5.74, 6) is 1.22. The van der Waals surface area contributed by atoms with E-state index in [9.17, 15) is 0 Å². The largest absolute Gasteiger partial charge is 0.384 e. The molecule has 5 heteroatoms. The molecule has 1 unspecified atom stereocenters. The third kappa shape index (κ3) is 2.09. The zero-order valence-corrected chi connectivity index (χ0v) is 9.90. The average Bonchev–Trinajstić information content (AvgIpc) is 2.29. The van der Waals surface area contributed by atoms with Crippen LogP contribution in [0, 0.1) is 0 Å². The number of nitrogens with zero attached hydrogens (tertiary/aromatic N) is 3. The van der Waals surface area contributed by atoms with Gasteiger partial charge in [-0.15, -0.1) is 0 Å². The maximum Gasteiger partial charge on any atom is 0.227 e. The highest BCUT2D eigenvalue weighted by Crippen LogP contribution is 2.25. The van der Waals surface area contributed by atoms with Gasteiger partial charge in [0.15, 0.2) is 0 Å². The van der Waals surface area contributed by atoms with Crippen LogP contribution >= 0.6 is 0 Å². The van der Waals surface area contributed by atoms with Gasteiger partial charge in [-0.1, -0.05) is 0 Å². The number of anilines is 2. The zero-order valence-electron chi connectivity index (χ0n) is 9.90. The van der Waals surface area contributed by atoms with Crippen molar-refractivity contribution in [1.82, 2.24) is 15.3 Å².